The van der Waals surface area contributed by atoms with Crippen LogP contribution in [0, 0.1) is 6.92 Å². The average Bonchev–Trinajstić information content (AvgIpc) is 3.23. The molecule has 34 heavy (non-hydrogen) atoms. The van der Waals surface area contributed by atoms with Crippen LogP contribution >= 0.6 is 0 Å². The van der Waals surface area contributed by atoms with E-state index in [2.05, 4.69) is 4.98 Å². The highest BCUT2D eigenvalue weighted by molar-refractivity contribution is 5.96. The molecule has 0 spiro atoms. The van der Waals surface area contributed by atoms with E-state index in [1.54, 1.807) is 59.0 Å². The summed E-state index contributed by atoms with van der Waals surface area (Å²) < 4.78 is 1.54. The summed E-state index contributed by atoms with van der Waals surface area (Å²) in [4.78, 5) is 28.3. The van der Waals surface area contributed by atoms with Crippen LogP contribution in [0.2, 0.25) is 0 Å². The fraction of sp³-hybridized carbons (Fsp3) is 0.222. The minimum atomic E-state index is -1.10. The average molecular weight is 459 g/mol. The van der Waals surface area contributed by atoms with Crippen molar-refractivity contribution in [2.75, 3.05) is 0 Å². The van der Waals surface area contributed by atoms with Gasteiger partial charge in [-0.15, -0.1) is 0 Å². The molecule has 0 saturated carbocycles. The zero-order valence-corrected chi connectivity index (χ0v) is 19.0. The molecule has 2 aromatic carbocycles. The van der Waals surface area contributed by atoms with Gasteiger partial charge in [0.2, 0.25) is 0 Å². The molecular formula is C27H26N2O5. The molecule has 0 bridgehead atoms. The topological polar surface area (TPSA) is 112 Å². The summed E-state index contributed by atoms with van der Waals surface area (Å²) in [5.74, 6) is -2.10. The van der Waals surface area contributed by atoms with Gasteiger partial charge in [-0.3, -0.25) is 4.40 Å². The fourth-order valence-electron chi connectivity index (χ4n) is 4.23. The van der Waals surface area contributed by atoms with Gasteiger partial charge in [0.1, 0.15) is 11.8 Å². The molecule has 0 aliphatic heterocycles. The number of fused-ring (bicyclic) bond motifs is 1. The molecular weight excluding hydrogens is 432 g/mol. The van der Waals surface area contributed by atoms with Crippen LogP contribution in [0.15, 0.2) is 60.7 Å². The van der Waals surface area contributed by atoms with Gasteiger partial charge in [-0.1, -0.05) is 61.9 Å². The highest BCUT2D eigenvalue weighted by atomic mass is 16.4. The van der Waals surface area contributed by atoms with E-state index in [1.165, 1.54) is 0 Å². The molecule has 1 atom stereocenters. The molecule has 4 rings (SSSR count). The number of hydrogen-bond acceptors (Lipinski definition) is 4. The van der Waals surface area contributed by atoms with Gasteiger partial charge in [0, 0.05) is 0 Å². The van der Waals surface area contributed by atoms with Crippen molar-refractivity contribution in [1.82, 2.24) is 9.38 Å². The van der Waals surface area contributed by atoms with E-state index < -0.39 is 18.0 Å². The van der Waals surface area contributed by atoms with Gasteiger partial charge >= 0.3 is 11.9 Å². The van der Waals surface area contributed by atoms with Crippen LogP contribution in [-0.2, 0) is 6.42 Å². The number of carbonyl (C=O) groups is 2. The van der Waals surface area contributed by atoms with E-state index in [1.807, 2.05) is 19.9 Å². The van der Waals surface area contributed by atoms with Crippen molar-refractivity contribution in [3.05, 3.63) is 94.4 Å². The SMILES string of the molecule is CCCCc1nc2c(C)ccc([C@H](O)c3ccc(-c4ccccc4C(=O)O)cc3)n2c1C(=O)O. The number of carboxylic acids is 2. The maximum atomic E-state index is 12.2. The smallest absolute Gasteiger partial charge is 0.354 e. The maximum Gasteiger partial charge on any atom is 0.354 e. The summed E-state index contributed by atoms with van der Waals surface area (Å²) in [7, 11) is 0. The minimum Gasteiger partial charge on any atom is -0.478 e. The summed E-state index contributed by atoms with van der Waals surface area (Å²) in [6, 6.07) is 17.2. The molecule has 2 heterocycles. The Morgan fingerprint density at radius 2 is 1.68 bits per heavy atom. The maximum absolute atomic E-state index is 12.2. The molecule has 7 nitrogen and oxygen atoms in total. The Balaban J connectivity index is 1.78. The first-order valence-electron chi connectivity index (χ1n) is 11.2. The normalized spacial score (nSPS) is 12.1. The molecule has 7 heteroatoms. The monoisotopic (exact) mass is 458 g/mol. The third-order valence-corrected chi connectivity index (χ3v) is 6.01. The van der Waals surface area contributed by atoms with Crippen LogP contribution in [0.25, 0.3) is 16.8 Å². The van der Waals surface area contributed by atoms with E-state index >= 15 is 0 Å². The second-order valence-corrected chi connectivity index (χ2v) is 8.29. The third kappa shape index (κ3) is 4.18. The Hall–Kier alpha value is -3.97. The second-order valence-electron chi connectivity index (χ2n) is 8.29. The summed E-state index contributed by atoms with van der Waals surface area (Å²) in [6.45, 7) is 3.90. The van der Waals surface area contributed by atoms with E-state index in [-0.39, 0.29) is 11.3 Å². The van der Waals surface area contributed by atoms with Crippen LogP contribution in [0.1, 0.15) is 69.2 Å². The van der Waals surface area contributed by atoms with Crippen LogP contribution < -0.4 is 0 Å². The van der Waals surface area contributed by atoms with Crippen molar-refractivity contribution in [1.29, 1.82) is 0 Å². The lowest BCUT2D eigenvalue weighted by molar-refractivity contribution is 0.0680. The second kappa shape index (κ2) is 9.49. The summed E-state index contributed by atoms with van der Waals surface area (Å²) in [5, 5.41) is 30.7. The van der Waals surface area contributed by atoms with Crippen LogP contribution in [0.3, 0.4) is 0 Å². The number of aliphatic hydroxyl groups excluding tert-OH is 1. The lowest BCUT2D eigenvalue weighted by atomic mass is 9.97. The van der Waals surface area contributed by atoms with Crippen molar-refractivity contribution in [3.8, 4) is 11.1 Å². The zero-order valence-electron chi connectivity index (χ0n) is 19.0. The number of aromatic nitrogens is 2. The number of imidazole rings is 1. The van der Waals surface area contributed by atoms with Crippen molar-refractivity contribution in [2.45, 2.75) is 39.2 Å². The quantitative estimate of drug-likeness (QED) is 0.337. The van der Waals surface area contributed by atoms with Gasteiger partial charge in [-0.05, 0) is 54.2 Å². The highest BCUT2D eigenvalue weighted by Crippen LogP contribution is 2.30. The summed E-state index contributed by atoms with van der Waals surface area (Å²) >= 11 is 0. The van der Waals surface area contributed by atoms with Crippen molar-refractivity contribution in [2.24, 2.45) is 0 Å². The molecule has 0 unspecified atom stereocenters. The lowest BCUT2D eigenvalue weighted by Crippen LogP contribution is -2.13. The highest BCUT2D eigenvalue weighted by Gasteiger charge is 2.24. The molecule has 174 valence electrons. The standard InChI is InChI=1S/C27H26N2O5/c1-3-4-9-21-23(27(33)34)29-22(15-10-16(2)25(29)28-21)24(30)18-13-11-17(12-14-18)19-7-5-6-8-20(19)26(31)32/h5-8,10-15,24,30H,3-4,9H2,1-2H3,(H,31,32)(H,33,34)/t24-/m1/s1. The van der Waals surface area contributed by atoms with Crippen molar-refractivity contribution >= 4 is 17.6 Å². The Kier molecular flexibility index (Phi) is 6.47. The molecule has 0 fully saturated rings. The largest absolute Gasteiger partial charge is 0.478 e. The number of pyridine rings is 1. The molecule has 0 radical (unpaired) electrons. The lowest BCUT2D eigenvalue weighted by Gasteiger charge is -2.16. The molecule has 3 N–H and O–H groups in total. The molecule has 0 saturated heterocycles. The Morgan fingerprint density at radius 1 is 0.971 bits per heavy atom. The van der Waals surface area contributed by atoms with Gasteiger partial charge in [0.25, 0.3) is 0 Å². The third-order valence-electron chi connectivity index (χ3n) is 6.01. The minimum absolute atomic E-state index is 0.0770. The number of aliphatic hydroxyl groups is 1. The number of rotatable bonds is 8. The van der Waals surface area contributed by atoms with Crippen molar-refractivity contribution in [3.63, 3.8) is 0 Å². The van der Waals surface area contributed by atoms with Crippen LogP contribution in [-0.4, -0.2) is 36.6 Å². The summed E-state index contributed by atoms with van der Waals surface area (Å²) in [6.07, 6.45) is 1.18. The van der Waals surface area contributed by atoms with E-state index in [9.17, 15) is 24.9 Å². The first-order chi connectivity index (χ1) is 16.3. The molecule has 0 aliphatic rings. The van der Waals surface area contributed by atoms with Gasteiger partial charge in [-0.25, -0.2) is 14.6 Å². The van der Waals surface area contributed by atoms with Crippen molar-refractivity contribution < 1.29 is 24.9 Å². The van der Waals surface area contributed by atoms with Gasteiger partial charge in [-0.2, -0.15) is 0 Å². The van der Waals surface area contributed by atoms with Crippen LogP contribution in [0.5, 0.6) is 0 Å². The van der Waals surface area contributed by atoms with Gasteiger partial charge in [0.15, 0.2) is 5.69 Å². The number of nitrogens with zero attached hydrogens (tertiary/aromatic N) is 2. The van der Waals surface area contributed by atoms with E-state index in [4.69, 9.17) is 0 Å². The Labute approximate surface area is 197 Å². The van der Waals surface area contributed by atoms with Gasteiger partial charge < -0.3 is 15.3 Å². The molecule has 2 aromatic heterocycles. The van der Waals surface area contributed by atoms with E-state index in [0.29, 0.717) is 40.1 Å². The number of aryl methyl sites for hydroxylation is 2. The Morgan fingerprint density at radius 3 is 2.32 bits per heavy atom. The number of aromatic carboxylic acids is 2. The summed E-state index contributed by atoms with van der Waals surface area (Å²) in [5.41, 5.74) is 4.38. The molecule has 4 aromatic rings. The van der Waals surface area contributed by atoms with Crippen LogP contribution in [0.4, 0.5) is 0 Å². The predicted molar refractivity (Wildman–Crippen MR) is 128 cm³/mol. The number of hydrogen-bond donors (Lipinski definition) is 3. The number of benzene rings is 2. The molecule has 0 aliphatic carbocycles. The first kappa shape index (κ1) is 23.2. The predicted octanol–water partition coefficient (Wildman–Crippen LogP) is 5.13. The number of unbranched alkanes of at least 4 members (excludes halogenated alkanes) is 1. The number of carboxylic acid groups (broad SMARTS) is 2. The zero-order chi connectivity index (χ0) is 24.4. The molecule has 0 amide bonds. The Bertz CT molecular complexity index is 1370. The first-order valence-corrected chi connectivity index (χ1v) is 11.2. The van der Waals surface area contributed by atoms with Gasteiger partial charge in [0.05, 0.1) is 17.0 Å². The fourth-order valence-corrected chi connectivity index (χ4v) is 4.23. The van der Waals surface area contributed by atoms with E-state index in [0.717, 1.165) is 18.4 Å².